The number of nitrogens with zero attached hydrogens (tertiary/aromatic N) is 5. The van der Waals surface area contributed by atoms with Crippen molar-refractivity contribution in [3.8, 4) is 0 Å². The fraction of sp³-hybridized carbons (Fsp3) is 0.292. The van der Waals surface area contributed by atoms with Gasteiger partial charge in [0.15, 0.2) is 0 Å². The lowest BCUT2D eigenvalue weighted by atomic mass is 10.0. The van der Waals surface area contributed by atoms with Crippen molar-refractivity contribution in [2.75, 3.05) is 21.7 Å². The Hall–Kier alpha value is -3.53. The summed E-state index contributed by atoms with van der Waals surface area (Å²) < 4.78 is 1.08. The summed E-state index contributed by atoms with van der Waals surface area (Å²) in [5.41, 5.74) is 10.3. The second-order valence-corrected chi connectivity index (χ2v) is 9.40. The lowest BCUT2D eigenvalue weighted by Crippen LogP contribution is -2.42. The number of carbonyl (C=O) groups excluding carboxylic acids is 2. The number of halogens is 1. The predicted molar refractivity (Wildman–Crippen MR) is 133 cm³/mol. The molecular formula is C24H24BrN7O2. The Kier molecular flexibility index (Phi) is 5.91. The van der Waals surface area contributed by atoms with Crippen molar-refractivity contribution < 1.29 is 9.59 Å². The van der Waals surface area contributed by atoms with E-state index in [1.165, 1.54) is 22.4 Å². The van der Waals surface area contributed by atoms with Crippen LogP contribution in [0, 0.1) is 6.92 Å². The van der Waals surface area contributed by atoms with Gasteiger partial charge in [-0.15, -0.1) is 0 Å². The first kappa shape index (κ1) is 22.3. The van der Waals surface area contributed by atoms with E-state index in [-0.39, 0.29) is 5.91 Å². The van der Waals surface area contributed by atoms with Gasteiger partial charge in [-0.25, -0.2) is 9.97 Å². The quantitative estimate of drug-likeness (QED) is 0.529. The van der Waals surface area contributed by atoms with Crippen molar-refractivity contribution in [1.29, 1.82) is 0 Å². The van der Waals surface area contributed by atoms with Gasteiger partial charge in [0.1, 0.15) is 12.4 Å². The molecule has 2 aliphatic heterocycles. The van der Waals surface area contributed by atoms with Crippen LogP contribution in [0.4, 0.5) is 23.3 Å². The highest BCUT2D eigenvalue weighted by Gasteiger charge is 2.36. The van der Waals surface area contributed by atoms with Crippen molar-refractivity contribution in [3.63, 3.8) is 0 Å². The van der Waals surface area contributed by atoms with E-state index in [0.29, 0.717) is 30.4 Å². The molecule has 9 nitrogen and oxygen atoms in total. The van der Waals surface area contributed by atoms with Gasteiger partial charge in [-0.2, -0.15) is 4.98 Å². The van der Waals surface area contributed by atoms with Crippen molar-refractivity contribution in [2.24, 2.45) is 5.73 Å². The van der Waals surface area contributed by atoms with Gasteiger partial charge in [-0.3, -0.25) is 14.5 Å². The number of benzene rings is 2. The first-order valence-electron chi connectivity index (χ1n) is 11.1. The van der Waals surface area contributed by atoms with Crippen molar-refractivity contribution in [1.82, 2.24) is 15.0 Å². The van der Waals surface area contributed by atoms with Crippen LogP contribution in [0.5, 0.6) is 0 Å². The first-order chi connectivity index (χ1) is 16.4. The summed E-state index contributed by atoms with van der Waals surface area (Å²) >= 11 is 3.54. The van der Waals surface area contributed by atoms with E-state index in [1.807, 2.05) is 31.2 Å². The van der Waals surface area contributed by atoms with Crippen LogP contribution in [-0.4, -0.2) is 39.4 Å². The molecule has 0 spiro atoms. The molecule has 34 heavy (non-hydrogen) atoms. The second-order valence-electron chi connectivity index (χ2n) is 8.49. The number of carbonyl (C=O) groups is 2. The minimum Gasteiger partial charge on any atom is -0.368 e. The molecule has 2 amide bonds. The van der Waals surface area contributed by atoms with E-state index in [9.17, 15) is 9.59 Å². The summed E-state index contributed by atoms with van der Waals surface area (Å²) in [6.45, 7) is 3.43. The molecule has 3 aromatic rings. The fourth-order valence-electron chi connectivity index (χ4n) is 4.59. The van der Waals surface area contributed by atoms with Gasteiger partial charge in [0.2, 0.25) is 23.7 Å². The molecule has 174 valence electrons. The number of hydrogen-bond acceptors (Lipinski definition) is 7. The minimum atomic E-state index is -0.632. The average molecular weight is 522 g/mol. The van der Waals surface area contributed by atoms with Gasteiger partial charge in [0.25, 0.3) is 0 Å². The number of primary amides is 1. The Morgan fingerprint density at radius 2 is 2.03 bits per heavy atom. The summed E-state index contributed by atoms with van der Waals surface area (Å²) in [6.07, 6.45) is 3.14. The van der Waals surface area contributed by atoms with E-state index in [0.717, 1.165) is 35.2 Å². The fourth-order valence-corrected chi connectivity index (χ4v) is 5.00. The smallest absolute Gasteiger partial charge is 0.240 e. The molecule has 0 radical (unpaired) electrons. The van der Waals surface area contributed by atoms with E-state index in [1.54, 1.807) is 0 Å². The van der Waals surface area contributed by atoms with Crippen LogP contribution in [0.15, 0.2) is 47.2 Å². The van der Waals surface area contributed by atoms with Crippen molar-refractivity contribution in [2.45, 2.75) is 38.8 Å². The molecule has 1 fully saturated rings. The Bertz CT molecular complexity index is 1280. The highest BCUT2D eigenvalue weighted by Crippen LogP contribution is 2.34. The lowest BCUT2D eigenvalue weighted by Gasteiger charge is -2.29. The number of nitrogens with two attached hydrogens (primary N) is 1. The second kappa shape index (κ2) is 9.02. The van der Waals surface area contributed by atoms with Crippen LogP contribution in [-0.2, 0) is 22.6 Å². The third-order valence-corrected chi connectivity index (χ3v) is 6.87. The Labute approximate surface area is 205 Å². The van der Waals surface area contributed by atoms with Gasteiger partial charge in [0.05, 0.1) is 0 Å². The number of anilines is 4. The topological polar surface area (TPSA) is 117 Å². The molecular weight excluding hydrogens is 498 g/mol. The zero-order chi connectivity index (χ0) is 23.8. The molecule has 0 saturated carbocycles. The maximum Gasteiger partial charge on any atom is 0.240 e. The van der Waals surface area contributed by atoms with E-state index >= 15 is 0 Å². The number of nitrogens with one attached hydrogen (secondary N) is 1. The molecule has 1 atom stereocenters. The molecule has 0 aliphatic carbocycles. The molecule has 10 heteroatoms. The van der Waals surface area contributed by atoms with Crippen molar-refractivity contribution in [3.05, 3.63) is 63.9 Å². The highest BCUT2D eigenvalue weighted by atomic mass is 79.9. The van der Waals surface area contributed by atoms with Gasteiger partial charge in [-0.05, 0) is 60.7 Å². The van der Waals surface area contributed by atoms with Crippen molar-refractivity contribution >= 4 is 51.0 Å². The summed E-state index contributed by atoms with van der Waals surface area (Å²) in [6, 6.07) is 11.2. The van der Waals surface area contributed by atoms with Gasteiger partial charge in [-0.1, -0.05) is 28.1 Å². The Morgan fingerprint density at radius 3 is 2.85 bits per heavy atom. The molecule has 1 aromatic heterocycles. The molecule has 1 saturated heterocycles. The number of amides is 2. The maximum absolute atomic E-state index is 12.5. The number of fused-ring (bicyclic) bond motifs is 1. The Morgan fingerprint density at radius 1 is 1.18 bits per heavy atom. The molecule has 2 aromatic carbocycles. The van der Waals surface area contributed by atoms with Gasteiger partial charge in [0, 0.05) is 35.4 Å². The number of rotatable bonds is 5. The number of aromatic nitrogens is 3. The summed E-state index contributed by atoms with van der Waals surface area (Å²) in [5, 5.41) is 3.25. The van der Waals surface area contributed by atoms with Crippen LogP contribution in [0.3, 0.4) is 0 Å². The predicted octanol–water partition coefficient (Wildman–Crippen LogP) is 3.23. The average Bonchev–Trinajstić information content (AvgIpc) is 3.22. The van der Waals surface area contributed by atoms with Gasteiger partial charge >= 0.3 is 0 Å². The minimum absolute atomic E-state index is 0.107. The van der Waals surface area contributed by atoms with Crippen LogP contribution >= 0.6 is 15.9 Å². The molecule has 3 N–H and O–H groups in total. The van der Waals surface area contributed by atoms with E-state index in [2.05, 4.69) is 53.2 Å². The standard InChI is InChI=1S/C24H24BrN7O2/c1-14-18(3-2-4-19(14)32-20(22(26)34)7-8-21(32)33)29-23-27-13-28-24(30-23)31-10-9-15-11-17(25)6-5-16(15)12-31/h2-6,11,13,20H,7-10,12H2,1H3,(H2,26,34)(H,27,28,29,30)/t20-/m1/s1. The van der Waals surface area contributed by atoms with Gasteiger partial charge < -0.3 is 16.0 Å². The van der Waals surface area contributed by atoms with Crippen LogP contribution in [0.25, 0.3) is 0 Å². The summed E-state index contributed by atoms with van der Waals surface area (Å²) in [5.74, 6) is 0.402. The third kappa shape index (κ3) is 4.21. The van der Waals surface area contributed by atoms with Crippen LogP contribution in [0.2, 0.25) is 0 Å². The monoisotopic (exact) mass is 521 g/mol. The molecule has 0 unspecified atom stereocenters. The van der Waals surface area contributed by atoms with Crippen LogP contribution < -0.4 is 20.9 Å². The SMILES string of the molecule is Cc1c(Nc2ncnc(N3CCc4cc(Br)ccc4C3)n2)cccc1N1C(=O)CC[C@@H]1C(N)=O. The Balaban J connectivity index is 1.38. The highest BCUT2D eigenvalue weighted by molar-refractivity contribution is 9.10. The molecule has 3 heterocycles. The third-order valence-electron chi connectivity index (χ3n) is 6.37. The normalized spacial score (nSPS) is 17.6. The van der Waals surface area contributed by atoms with E-state index < -0.39 is 11.9 Å². The lowest BCUT2D eigenvalue weighted by molar-refractivity contribution is -0.121. The largest absolute Gasteiger partial charge is 0.368 e. The number of hydrogen-bond donors (Lipinski definition) is 2. The molecule has 0 bridgehead atoms. The molecule has 2 aliphatic rings. The zero-order valence-corrected chi connectivity index (χ0v) is 20.2. The van der Waals surface area contributed by atoms with Crippen LogP contribution in [0.1, 0.15) is 29.5 Å². The summed E-state index contributed by atoms with van der Waals surface area (Å²) in [7, 11) is 0. The summed E-state index contributed by atoms with van der Waals surface area (Å²) in [4.78, 5) is 41.3. The zero-order valence-electron chi connectivity index (χ0n) is 18.7. The first-order valence-corrected chi connectivity index (χ1v) is 11.9. The maximum atomic E-state index is 12.5. The van der Waals surface area contributed by atoms with E-state index in [4.69, 9.17) is 5.73 Å². The molecule has 5 rings (SSSR count).